The molecule has 0 spiro atoms. The Balaban J connectivity index is 1.45. The zero-order valence-electron chi connectivity index (χ0n) is 23.3. The Morgan fingerprint density at radius 1 is 0.600 bits per heavy atom. The molecule has 3 rings (SSSR count). The molecule has 0 aromatic heterocycles. The van der Waals surface area contributed by atoms with E-state index in [0.29, 0.717) is 51.6 Å². The molecule has 0 saturated carbocycles. The second-order valence-electron chi connectivity index (χ2n) is 9.07. The second kappa shape index (κ2) is 16.3. The van der Waals surface area contributed by atoms with Crippen LogP contribution in [-0.2, 0) is 49.9 Å². The van der Waals surface area contributed by atoms with Crippen LogP contribution in [0.4, 0.5) is 0 Å². The average Bonchev–Trinajstić information content (AvgIpc) is 2.96. The highest BCUT2D eigenvalue weighted by Gasteiger charge is 2.20. The normalized spacial score (nSPS) is 12.4. The fraction of sp³-hybridized carbons (Fsp3) is 0.375. The molecular weight excluding hydrogens is 512 g/mol. The number of carboxylic acids is 1. The molecule has 214 valence electrons. The molecule has 0 heterocycles. The van der Waals surface area contributed by atoms with Gasteiger partial charge >= 0.3 is 11.9 Å². The topological polar surface area (TPSA) is 101 Å². The predicted molar refractivity (Wildman–Crippen MR) is 150 cm³/mol. The van der Waals surface area contributed by atoms with Crippen molar-refractivity contribution in [3.63, 3.8) is 0 Å². The summed E-state index contributed by atoms with van der Waals surface area (Å²) >= 11 is 0. The van der Waals surface area contributed by atoms with Crippen LogP contribution in [0.3, 0.4) is 0 Å². The highest BCUT2D eigenvalue weighted by Crippen LogP contribution is 2.19. The summed E-state index contributed by atoms with van der Waals surface area (Å²) in [5.41, 5.74) is 3.88. The van der Waals surface area contributed by atoms with Gasteiger partial charge in [0, 0.05) is 26.1 Å². The fourth-order valence-electron chi connectivity index (χ4n) is 4.00. The maximum Gasteiger partial charge on any atom is 0.335 e. The van der Waals surface area contributed by atoms with Crippen LogP contribution in [0.25, 0.3) is 0 Å². The van der Waals surface area contributed by atoms with Gasteiger partial charge in [0.2, 0.25) is 0 Å². The van der Waals surface area contributed by atoms with Gasteiger partial charge in [-0.05, 0) is 67.3 Å². The van der Waals surface area contributed by atoms with E-state index in [2.05, 4.69) is 0 Å². The number of ether oxygens (including phenoxy) is 5. The van der Waals surface area contributed by atoms with E-state index in [4.69, 9.17) is 23.7 Å². The van der Waals surface area contributed by atoms with Gasteiger partial charge in [0.15, 0.2) is 12.2 Å². The smallest absolute Gasteiger partial charge is 0.335 e. The second-order valence-corrected chi connectivity index (χ2v) is 9.07. The molecule has 0 aliphatic rings. The van der Waals surface area contributed by atoms with E-state index in [9.17, 15) is 14.7 Å². The summed E-state index contributed by atoms with van der Waals surface area (Å²) in [5.74, 6) is 0.130. The van der Waals surface area contributed by atoms with Crippen LogP contribution in [0.5, 0.6) is 11.5 Å². The summed E-state index contributed by atoms with van der Waals surface area (Å²) in [4.78, 5) is 23.4. The fourth-order valence-corrected chi connectivity index (χ4v) is 4.00. The highest BCUT2D eigenvalue weighted by atomic mass is 16.6. The van der Waals surface area contributed by atoms with E-state index in [-0.39, 0.29) is 5.97 Å². The summed E-state index contributed by atoms with van der Waals surface area (Å²) in [5, 5.41) is 9.25. The van der Waals surface area contributed by atoms with Gasteiger partial charge < -0.3 is 28.8 Å². The third kappa shape index (κ3) is 10.0. The average molecular weight is 551 g/mol. The molecule has 3 aromatic rings. The largest absolute Gasteiger partial charge is 0.489 e. The minimum absolute atomic E-state index is 0.307. The van der Waals surface area contributed by atoms with Gasteiger partial charge in [-0.3, -0.25) is 0 Å². The first-order chi connectivity index (χ1) is 19.4. The van der Waals surface area contributed by atoms with Crippen molar-refractivity contribution in [2.24, 2.45) is 0 Å². The van der Waals surface area contributed by atoms with Gasteiger partial charge in [0.25, 0.3) is 0 Å². The van der Waals surface area contributed by atoms with Crippen LogP contribution < -0.4 is 9.47 Å². The Morgan fingerprint density at radius 2 is 1.00 bits per heavy atom. The van der Waals surface area contributed by atoms with Gasteiger partial charge in [0.1, 0.15) is 24.7 Å². The SMILES string of the molecule is CCOC(=O)C(Cc1ccc(OCc2ccc(COc3ccc(CC(OCC)C(=O)O)cc3)cc2)cc1)OCC. The zero-order chi connectivity index (χ0) is 28.7. The number of carbonyl (C=O) groups excluding carboxylic acids is 1. The van der Waals surface area contributed by atoms with E-state index in [1.165, 1.54) is 0 Å². The number of hydrogen-bond donors (Lipinski definition) is 1. The van der Waals surface area contributed by atoms with Crippen molar-refractivity contribution >= 4 is 11.9 Å². The van der Waals surface area contributed by atoms with Gasteiger partial charge in [-0.1, -0.05) is 48.5 Å². The van der Waals surface area contributed by atoms with Crippen molar-refractivity contribution in [1.82, 2.24) is 0 Å². The molecule has 0 bridgehead atoms. The van der Waals surface area contributed by atoms with Gasteiger partial charge in [-0.15, -0.1) is 0 Å². The van der Waals surface area contributed by atoms with E-state index in [1.807, 2.05) is 79.7 Å². The summed E-state index contributed by atoms with van der Waals surface area (Å²) in [6, 6.07) is 23.0. The van der Waals surface area contributed by atoms with Crippen molar-refractivity contribution in [2.75, 3.05) is 19.8 Å². The molecule has 0 aliphatic carbocycles. The zero-order valence-corrected chi connectivity index (χ0v) is 23.3. The Kier molecular flexibility index (Phi) is 12.5. The number of carbonyl (C=O) groups is 2. The molecule has 0 aliphatic heterocycles. The highest BCUT2D eigenvalue weighted by molar-refractivity contribution is 5.75. The Labute approximate surface area is 235 Å². The lowest BCUT2D eigenvalue weighted by atomic mass is 10.1. The number of esters is 1. The maximum absolute atomic E-state index is 12.1. The molecule has 0 saturated heterocycles. The van der Waals surface area contributed by atoms with E-state index < -0.39 is 18.2 Å². The van der Waals surface area contributed by atoms with Crippen molar-refractivity contribution in [3.8, 4) is 11.5 Å². The van der Waals surface area contributed by atoms with Crippen molar-refractivity contribution in [1.29, 1.82) is 0 Å². The molecule has 0 fully saturated rings. The number of carboxylic acid groups (broad SMARTS) is 1. The molecule has 8 heteroatoms. The molecule has 3 aromatic carbocycles. The molecule has 0 amide bonds. The van der Waals surface area contributed by atoms with E-state index in [0.717, 1.165) is 28.0 Å². The van der Waals surface area contributed by atoms with Gasteiger partial charge in [0.05, 0.1) is 6.61 Å². The number of aliphatic carboxylic acids is 1. The number of hydrogen-bond acceptors (Lipinski definition) is 7. The minimum Gasteiger partial charge on any atom is -0.489 e. The van der Waals surface area contributed by atoms with Crippen LogP contribution >= 0.6 is 0 Å². The molecular formula is C32H38O8. The molecule has 0 radical (unpaired) electrons. The lowest BCUT2D eigenvalue weighted by Crippen LogP contribution is -2.28. The van der Waals surface area contributed by atoms with Crippen LogP contribution in [0.15, 0.2) is 72.8 Å². The lowest BCUT2D eigenvalue weighted by Gasteiger charge is -2.16. The van der Waals surface area contributed by atoms with Gasteiger partial charge in [-0.2, -0.15) is 0 Å². The monoisotopic (exact) mass is 550 g/mol. The Hall–Kier alpha value is -3.88. The first kappa shape index (κ1) is 30.7. The lowest BCUT2D eigenvalue weighted by molar-refractivity contribution is -0.156. The molecule has 2 unspecified atom stereocenters. The van der Waals surface area contributed by atoms with Crippen LogP contribution in [0, 0.1) is 0 Å². The van der Waals surface area contributed by atoms with Crippen molar-refractivity contribution in [3.05, 3.63) is 95.1 Å². The Morgan fingerprint density at radius 3 is 1.40 bits per heavy atom. The summed E-state index contributed by atoms with van der Waals surface area (Å²) in [7, 11) is 0. The first-order valence-electron chi connectivity index (χ1n) is 13.6. The first-order valence-corrected chi connectivity index (χ1v) is 13.6. The summed E-state index contributed by atoms with van der Waals surface area (Å²) in [6.07, 6.45) is -0.716. The standard InChI is InChI=1S/C32H38O8/c1-4-36-29(31(33)34)19-23-11-15-27(16-12-23)39-21-25-7-9-26(10-8-25)22-40-28-17-13-24(14-18-28)20-30(37-5-2)32(35)38-6-3/h7-18,29-30H,4-6,19-22H2,1-3H3,(H,33,34). The van der Waals surface area contributed by atoms with E-state index >= 15 is 0 Å². The van der Waals surface area contributed by atoms with Crippen LogP contribution in [0.1, 0.15) is 43.0 Å². The Bertz CT molecular complexity index is 1170. The van der Waals surface area contributed by atoms with Crippen molar-refractivity contribution < 1.29 is 38.4 Å². The summed E-state index contributed by atoms with van der Waals surface area (Å²) in [6.45, 7) is 7.36. The summed E-state index contributed by atoms with van der Waals surface area (Å²) < 4.78 is 27.7. The molecule has 40 heavy (non-hydrogen) atoms. The predicted octanol–water partition coefficient (Wildman–Crippen LogP) is 5.39. The number of benzene rings is 3. The van der Waals surface area contributed by atoms with Crippen molar-refractivity contribution in [2.45, 2.75) is 59.0 Å². The van der Waals surface area contributed by atoms with E-state index in [1.54, 1.807) is 13.8 Å². The number of rotatable bonds is 17. The van der Waals surface area contributed by atoms with Crippen LogP contribution in [0.2, 0.25) is 0 Å². The third-order valence-corrected chi connectivity index (χ3v) is 6.08. The molecule has 1 N–H and O–H groups in total. The van der Waals surface area contributed by atoms with Crippen LogP contribution in [-0.4, -0.2) is 49.1 Å². The maximum atomic E-state index is 12.1. The molecule has 2 atom stereocenters. The van der Waals surface area contributed by atoms with Gasteiger partial charge in [-0.25, -0.2) is 9.59 Å². The minimum atomic E-state index is -0.965. The quantitative estimate of drug-likeness (QED) is 0.223. The third-order valence-electron chi connectivity index (χ3n) is 6.08. The molecule has 8 nitrogen and oxygen atoms in total.